The van der Waals surface area contributed by atoms with E-state index >= 15 is 0 Å². The Labute approximate surface area is 179 Å². The minimum Gasteiger partial charge on any atom is -0.493 e. The maximum Gasteiger partial charge on any atom is 0.259 e. The Morgan fingerprint density at radius 3 is 2.30 bits per heavy atom. The molecule has 0 heterocycles. The molecule has 6 nitrogen and oxygen atoms in total. The highest BCUT2D eigenvalue weighted by Gasteiger charge is 2.13. The SMILES string of the molecule is NC(=O)CCOc1ccc(NC(=O)c2ccccc2OCc2ccc(Cl)cc2)cc1. The first-order valence-electron chi connectivity index (χ1n) is 9.30. The molecule has 0 radical (unpaired) electrons. The zero-order valence-corrected chi connectivity index (χ0v) is 16.9. The Balaban J connectivity index is 1.61. The average molecular weight is 425 g/mol. The van der Waals surface area contributed by atoms with Crippen LogP contribution in [0.25, 0.3) is 0 Å². The zero-order valence-electron chi connectivity index (χ0n) is 16.1. The number of halogens is 1. The number of hydrogen-bond acceptors (Lipinski definition) is 4. The van der Waals surface area contributed by atoms with Gasteiger partial charge in [-0.3, -0.25) is 9.59 Å². The van der Waals surface area contributed by atoms with E-state index in [4.69, 9.17) is 26.8 Å². The van der Waals surface area contributed by atoms with E-state index in [9.17, 15) is 9.59 Å². The van der Waals surface area contributed by atoms with Crippen LogP contribution >= 0.6 is 11.6 Å². The van der Waals surface area contributed by atoms with Crippen LogP contribution < -0.4 is 20.5 Å². The fourth-order valence-electron chi connectivity index (χ4n) is 2.62. The Bertz CT molecular complexity index is 1000. The Morgan fingerprint density at radius 2 is 1.60 bits per heavy atom. The van der Waals surface area contributed by atoms with Gasteiger partial charge in [0.2, 0.25) is 5.91 Å². The first-order chi connectivity index (χ1) is 14.5. The van der Waals surface area contributed by atoms with E-state index in [0.717, 1.165) is 5.56 Å². The first-order valence-corrected chi connectivity index (χ1v) is 9.68. The van der Waals surface area contributed by atoms with Gasteiger partial charge >= 0.3 is 0 Å². The monoisotopic (exact) mass is 424 g/mol. The van der Waals surface area contributed by atoms with Crippen molar-refractivity contribution in [2.75, 3.05) is 11.9 Å². The number of anilines is 1. The summed E-state index contributed by atoms with van der Waals surface area (Å²) in [6.45, 7) is 0.526. The third-order valence-corrected chi connectivity index (χ3v) is 4.42. The minimum absolute atomic E-state index is 0.144. The van der Waals surface area contributed by atoms with Crippen LogP contribution in [0.15, 0.2) is 72.8 Å². The summed E-state index contributed by atoms with van der Waals surface area (Å²) in [6.07, 6.45) is 0.144. The van der Waals surface area contributed by atoms with Crippen molar-refractivity contribution in [2.45, 2.75) is 13.0 Å². The molecule has 3 rings (SSSR count). The number of primary amides is 1. The lowest BCUT2D eigenvalue weighted by Crippen LogP contribution is -2.15. The van der Waals surface area contributed by atoms with Crippen LogP contribution in [0.3, 0.4) is 0 Å². The van der Waals surface area contributed by atoms with Crippen molar-refractivity contribution in [2.24, 2.45) is 5.73 Å². The van der Waals surface area contributed by atoms with Crippen LogP contribution in [0.1, 0.15) is 22.3 Å². The van der Waals surface area contributed by atoms with E-state index < -0.39 is 5.91 Å². The van der Waals surface area contributed by atoms with Crippen molar-refractivity contribution < 1.29 is 19.1 Å². The molecule has 0 aliphatic rings. The topological polar surface area (TPSA) is 90.7 Å². The molecule has 0 fully saturated rings. The molecule has 0 bridgehead atoms. The summed E-state index contributed by atoms with van der Waals surface area (Å²) in [5.74, 6) is 0.359. The van der Waals surface area contributed by atoms with Crippen LogP contribution in [0.2, 0.25) is 5.02 Å². The van der Waals surface area contributed by atoms with Crippen molar-refractivity contribution in [3.05, 3.63) is 88.9 Å². The molecule has 0 spiro atoms. The van der Waals surface area contributed by atoms with Gasteiger partial charge in [-0.25, -0.2) is 0 Å². The summed E-state index contributed by atoms with van der Waals surface area (Å²) >= 11 is 5.90. The summed E-state index contributed by atoms with van der Waals surface area (Å²) in [4.78, 5) is 23.5. The molecule has 3 aromatic rings. The van der Waals surface area contributed by atoms with Crippen molar-refractivity contribution >= 4 is 29.1 Å². The average Bonchev–Trinajstić information content (AvgIpc) is 2.74. The van der Waals surface area contributed by atoms with Gasteiger partial charge < -0.3 is 20.5 Å². The highest BCUT2D eigenvalue weighted by atomic mass is 35.5. The van der Waals surface area contributed by atoms with E-state index in [1.54, 1.807) is 54.6 Å². The summed E-state index contributed by atoms with van der Waals surface area (Å²) in [5, 5.41) is 3.50. The number of nitrogens with two attached hydrogens (primary N) is 1. The number of benzene rings is 3. The molecular weight excluding hydrogens is 404 g/mol. The first kappa shape index (κ1) is 21.2. The van der Waals surface area contributed by atoms with Gasteiger partial charge in [-0.1, -0.05) is 35.9 Å². The molecule has 0 saturated heterocycles. The van der Waals surface area contributed by atoms with Crippen LogP contribution in [-0.4, -0.2) is 18.4 Å². The molecule has 0 aliphatic carbocycles. The molecule has 0 unspecified atom stereocenters. The number of rotatable bonds is 9. The fourth-order valence-corrected chi connectivity index (χ4v) is 2.75. The van der Waals surface area contributed by atoms with Crippen molar-refractivity contribution in [1.29, 1.82) is 0 Å². The van der Waals surface area contributed by atoms with Crippen molar-refractivity contribution in [1.82, 2.24) is 0 Å². The molecule has 0 aromatic heterocycles. The molecule has 3 aromatic carbocycles. The maximum atomic E-state index is 12.7. The second-order valence-corrected chi connectivity index (χ2v) is 6.89. The van der Waals surface area contributed by atoms with E-state index in [0.29, 0.717) is 34.4 Å². The van der Waals surface area contributed by atoms with Crippen LogP contribution in [-0.2, 0) is 11.4 Å². The second-order valence-electron chi connectivity index (χ2n) is 6.45. The molecule has 2 amide bonds. The number of para-hydroxylation sites is 1. The van der Waals surface area contributed by atoms with Crippen molar-refractivity contribution in [3.63, 3.8) is 0 Å². The number of nitrogens with one attached hydrogen (secondary N) is 1. The quantitative estimate of drug-likeness (QED) is 0.531. The minimum atomic E-state index is -0.421. The normalized spacial score (nSPS) is 10.3. The summed E-state index contributed by atoms with van der Waals surface area (Å²) < 4.78 is 11.3. The molecule has 154 valence electrons. The molecule has 0 saturated carbocycles. The van der Waals surface area contributed by atoms with Crippen LogP contribution in [0.5, 0.6) is 11.5 Å². The highest BCUT2D eigenvalue weighted by molar-refractivity contribution is 6.30. The smallest absolute Gasteiger partial charge is 0.259 e. The number of carbonyl (C=O) groups is 2. The van der Waals surface area contributed by atoms with Crippen molar-refractivity contribution in [3.8, 4) is 11.5 Å². The molecular formula is C23H21ClN2O4. The van der Waals surface area contributed by atoms with E-state index in [-0.39, 0.29) is 18.9 Å². The fraction of sp³-hybridized carbons (Fsp3) is 0.130. The Hall–Kier alpha value is -3.51. The van der Waals surface area contributed by atoms with E-state index in [1.165, 1.54) is 0 Å². The van der Waals surface area contributed by atoms with Crippen LogP contribution in [0, 0.1) is 0 Å². The predicted octanol–water partition coefficient (Wildman–Crippen LogP) is 4.43. The van der Waals surface area contributed by atoms with Gasteiger partial charge in [0, 0.05) is 10.7 Å². The standard InChI is InChI=1S/C23H21ClN2O4/c24-17-7-5-16(6-8-17)15-30-21-4-2-1-3-20(21)23(28)26-18-9-11-19(12-10-18)29-14-13-22(25)27/h1-12H,13-15H2,(H2,25,27)(H,26,28). The Kier molecular flexibility index (Phi) is 7.29. The zero-order chi connectivity index (χ0) is 21.3. The van der Waals surface area contributed by atoms with E-state index in [1.807, 2.05) is 18.2 Å². The lowest BCUT2D eigenvalue weighted by atomic mass is 10.1. The summed E-state index contributed by atoms with van der Waals surface area (Å²) in [7, 11) is 0. The lowest BCUT2D eigenvalue weighted by molar-refractivity contribution is -0.118. The van der Waals surface area contributed by atoms with Gasteiger partial charge in [-0.2, -0.15) is 0 Å². The summed E-state index contributed by atoms with van der Waals surface area (Å²) in [5.41, 5.74) is 7.06. The van der Waals surface area contributed by atoms with Gasteiger partial charge in [0.15, 0.2) is 0 Å². The number of hydrogen-bond donors (Lipinski definition) is 2. The maximum absolute atomic E-state index is 12.7. The highest BCUT2D eigenvalue weighted by Crippen LogP contribution is 2.22. The molecule has 7 heteroatoms. The third kappa shape index (κ3) is 6.25. The largest absolute Gasteiger partial charge is 0.493 e. The number of carbonyl (C=O) groups excluding carboxylic acids is 2. The summed E-state index contributed by atoms with van der Waals surface area (Å²) in [6, 6.07) is 21.2. The third-order valence-electron chi connectivity index (χ3n) is 4.17. The van der Waals surface area contributed by atoms with Gasteiger partial charge in [0.25, 0.3) is 5.91 Å². The second kappa shape index (κ2) is 10.3. The van der Waals surface area contributed by atoms with Gasteiger partial charge in [0.05, 0.1) is 18.6 Å². The van der Waals surface area contributed by atoms with Crippen LogP contribution in [0.4, 0.5) is 5.69 Å². The number of ether oxygens (including phenoxy) is 2. The van der Waals surface area contributed by atoms with E-state index in [2.05, 4.69) is 5.32 Å². The Morgan fingerprint density at radius 1 is 0.900 bits per heavy atom. The molecule has 0 aliphatic heterocycles. The molecule has 3 N–H and O–H groups in total. The lowest BCUT2D eigenvalue weighted by Gasteiger charge is -2.12. The van der Waals surface area contributed by atoms with Gasteiger partial charge in [-0.15, -0.1) is 0 Å². The van der Waals surface area contributed by atoms with Gasteiger partial charge in [-0.05, 0) is 54.1 Å². The molecule has 30 heavy (non-hydrogen) atoms. The van der Waals surface area contributed by atoms with Gasteiger partial charge in [0.1, 0.15) is 18.1 Å². The predicted molar refractivity (Wildman–Crippen MR) is 116 cm³/mol. The number of amides is 2. The molecule has 0 atom stereocenters.